The van der Waals surface area contributed by atoms with Gasteiger partial charge in [0.15, 0.2) is 0 Å². The first-order chi connectivity index (χ1) is 11.2. The zero-order valence-electron chi connectivity index (χ0n) is 14.0. The first kappa shape index (κ1) is 15.6. The Kier molecular flexibility index (Phi) is 4.65. The Hall–Kier alpha value is -2.29. The molecule has 1 N–H and O–H groups in total. The van der Waals surface area contributed by atoms with Gasteiger partial charge in [-0.15, -0.1) is 0 Å². The van der Waals surface area contributed by atoms with Crippen LogP contribution in [0.5, 0.6) is 5.75 Å². The van der Waals surface area contributed by atoms with Crippen LogP contribution in [0.2, 0.25) is 0 Å². The van der Waals surface area contributed by atoms with Gasteiger partial charge in [-0.3, -0.25) is 0 Å². The first-order valence-corrected chi connectivity index (χ1v) is 8.33. The van der Waals surface area contributed by atoms with Crippen LogP contribution in [0.4, 0.5) is 0 Å². The number of pyridine rings is 1. The molecule has 0 saturated heterocycles. The molecular weight excluding hydrogens is 284 g/mol. The van der Waals surface area contributed by atoms with Crippen LogP contribution >= 0.6 is 0 Å². The maximum atomic E-state index is 5.67. The molecule has 0 saturated carbocycles. The Labute approximate surface area is 137 Å². The van der Waals surface area contributed by atoms with Crippen LogP contribution < -0.4 is 4.74 Å². The van der Waals surface area contributed by atoms with Gasteiger partial charge in [0, 0.05) is 23.2 Å². The number of fused-ring (bicyclic) bond motifs is 1. The standard InChI is InChI=1S/C20H24N2O/c1-4-23-17-9-5-7-15(12-17)18(11-14(2)3)19-13-16-8-6-10-21-20(16)22-19/h5-10,12-14,18H,4,11H2,1-3H3,(H,21,22). The van der Waals surface area contributed by atoms with Gasteiger partial charge in [0.25, 0.3) is 0 Å². The maximum absolute atomic E-state index is 5.67. The van der Waals surface area contributed by atoms with Crippen LogP contribution in [0.25, 0.3) is 11.0 Å². The topological polar surface area (TPSA) is 37.9 Å². The van der Waals surface area contributed by atoms with Crippen molar-refractivity contribution in [3.63, 3.8) is 0 Å². The largest absolute Gasteiger partial charge is 0.494 e. The number of hydrogen-bond donors (Lipinski definition) is 1. The van der Waals surface area contributed by atoms with Crippen LogP contribution in [0, 0.1) is 5.92 Å². The molecule has 0 aliphatic heterocycles. The highest BCUT2D eigenvalue weighted by molar-refractivity contribution is 5.76. The molecule has 120 valence electrons. The van der Waals surface area contributed by atoms with Gasteiger partial charge in [-0.2, -0.15) is 0 Å². The Morgan fingerprint density at radius 1 is 1.13 bits per heavy atom. The van der Waals surface area contributed by atoms with E-state index in [9.17, 15) is 0 Å². The summed E-state index contributed by atoms with van der Waals surface area (Å²) in [7, 11) is 0. The number of nitrogens with one attached hydrogen (secondary N) is 1. The summed E-state index contributed by atoms with van der Waals surface area (Å²) < 4.78 is 5.67. The summed E-state index contributed by atoms with van der Waals surface area (Å²) in [6, 6.07) is 14.8. The average Bonchev–Trinajstić information content (AvgIpc) is 2.96. The van der Waals surface area contributed by atoms with E-state index >= 15 is 0 Å². The number of aromatic nitrogens is 2. The average molecular weight is 308 g/mol. The molecule has 0 bridgehead atoms. The fourth-order valence-electron chi connectivity index (χ4n) is 3.07. The van der Waals surface area contributed by atoms with Gasteiger partial charge in [0.1, 0.15) is 11.4 Å². The molecule has 23 heavy (non-hydrogen) atoms. The molecule has 0 amide bonds. The third kappa shape index (κ3) is 3.55. The van der Waals surface area contributed by atoms with Crippen molar-refractivity contribution in [1.29, 1.82) is 0 Å². The Balaban J connectivity index is 2.01. The zero-order valence-corrected chi connectivity index (χ0v) is 14.0. The predicted molar refractivity (Wildman–Crippen MR) is 95.0 cm³/mol. The van der Waals surface area contributed by atoms with Gasteiger partial charge in [0.05, 0.1) is 6.61 Å². The number of nitrogens with zero attached hydrogens (tertiary/aromatic N) is 1. The second kappa shape index (κ2) is 6.86. The number of hydrogen-bond acceptors (Lipinski definition) is 2. The van der Waals surface area contributed by atoms with Crippen LogP contribution in [0.1, 0.15) is 44.4 Å². The Morgan fingerprint density at radius 2 is 2.00 bits per heavy atom. The lowest BCUT2D eigenvalue weighted by atomic mass is 9.87. The predicted octanol–water partition coefficient (Wildman–Crippen LogP) is 5.14. The Bertz CT molecular complexity index is 743. The molecule has 3 aromatic rings. The normalized spacial score (nSPS) is 12.7. The van der Waals surface area contributed by atoms with Crippen molar-refractivity contribution in [3.8, 4) is 5.75 Å². The SMILES string of the molecule is CCOc1cccc(C(CC(C)C)c2cc3cccnc3[nH]2)c1. The third-order valence-corrected chi connectivity index (χ3v) is 4.07. The van der Waals surface area contributed by atoms with Crippen molar-refractivity contribution >= 4 is 11.0 Å². The molecule has 1 aromatic carbocycles. The number of rotatable bonds is 6. The Morgan fingerprint density at radius 3 is 2.74 bits per heavy atom. The maximum Gasteiger partial charge on any atom is 0.137 e. The molecule has 0 fully saturated rings. The highest BCUT2D eigenvalue weighted by Gasteiger charge is 2.19. The molecule has 0 aliphatic rings. The fraction of sp³-hybridized carbons (Fsp3) is 0.350. The van der Waals surface area contributed by atoms with Crippen molar-refractivity contribution < 1.29 is 4.74 Å². The van der Waals surface area contributed by atoms with Gasteiger partial charge in [-0.05, 0) is 55.2 Å². The minimum absolute atomic E-state index is 0.324. The highest BCUT2D eigenvalue weighted by atomic mass is 16.5. The second-order valence-corrected chi connectivity index (χ2v) is 6.35. The molecule has 2 heterocycles. The monoisotopic (exact) mass is 308 g/mol. The summed E-state index contributed by atoms with van der Waals surface area (Å²) in [6.07, 6.45) is 2.91. The summed E-state index contributed by atoms with van der Waals surface area (Å²) in [5.41, 5.74) is 3.47. The molecule has 2 aromatic heterocycles. The van der Waals surface area contributed by atoms with Crippen molar-refractivity contribution in [2.75, 3.05) is 6.61 Å². The molecule has 1 unspecified atom stereocenters. The van der Waals surface area contributed by atoms with Gasteiger partial charge in [0.2, 0.25) is 0 Å². The van der Waals surface area contributed by atoms with Crippen molar-refractivity contribution in [1.82, 2.24) is 9.97 Å². The van der Waals surface area contributed by atoms with E-state index in [1.807, 2.05) is 25.3 Å². The first-order valence-electron chi connectivity index (χ1n) is 8.33. The summed E-state index contributed by atoms with van der Waals surface area (Å²) in [6.45, 7) is 7.23. The molecule has 3 nitrogen and oxygen atoms in total. The summed E-state index contributed by atoms with van der Waals surface area (Å²) in [5, 5.41) is 1.16. The van der Waals surface area contributed by atoms with Gasteiger partial charge >= 0.3 is 0 Å². The quantitative estimate of drug-likeness (QED) is 0.684. The molecule has 3 rings (SSSR count). The van der Waals surface area contributed by atoms with Crippen LogP contribution in [-0.2, 0) is 0 Å². The second-order valence-electron chi connectivity index (χ2n) is 6.35. The van der Waals surface area contributed by atoms with E-state index in [2.05, 4.69) is 54.1 Å². The third-order valence-electron chi connectivity index (χ3n) is 4.07. The summed E-state index contributed by atoms with van der Waals surface area (Å²) in [5.74, 6) is 1.87. The van der Waals surface area contributed by atoms with Gasteiger partial charge in [-0.25, -0.2) is 4.98 Å². The molecule has 0 aliphatic carbocycles. The van der Waals surface area contributed by atoms with E-state index in [1.54, 1.807) is 0 Å². The van der Waals surface area contributed by atoms with E-state index in [1.165, 1.54) is 11.3 Å². The summed E-state index contributed by atoms with van der Waals surface area (Å²) >= 11 is 0. The lowest BCUT2D eigenvalue weighted by Gasteiger charge is -2.19. The number of aromatic amines is 1. The molecule has 0 spiro atoms. The fourth-order valence-corrected chi connectivity index (χ4v) is 3.07. The molecule has 0 radical (unpaired) electrons. The number of ether oxygens (including phenoxy) is 1. The van der Waals surface area contributed by atoms with Gasteiger partial charge in [-0.1, -0.05) is 26.0 Å². The van der Waals surface area contributed by atoms with Crippen LogP contribution in [-0.4, -0.2) is 16.6 Å². The van der Waals surface area contributed by atoms with E-state index in [0.717, 1.165) is 23.2 Å². The lowest BCUT2D eigenvalue weighted by molar-refractivity contribution is 0.339. The van der Waals surface area contributed by atoms with E-state index in [0.29, 0.717) is 18.4 Å². The minimum atomic E-state index is 0.324. The van der Waals surface area contributed by atoms with E-state index in [-0.39, 0.29) is 0 Å². The number of benzene rings is 1. The van der Waals surface area contributed by atoms with E-state index in [4.69, 9.17) is 4.74 Å². The lowest BCUT2D eigenvalue weighted by Crippen LogP contribution is -2.06. The van der Waals surface area contributed by atoms with Gasteiger partial charge < -0.3 is 9.72 Å². The summed E-state index contributed by atoms with van der Waals surface area (Å²) in [4.78, 5) is 7.92. The minimum Gasteiger partial charge on any atom is -0.494 e. The zero-order chi connectivity index (χ0) is 16.2. The molecular formula is C20H24N2O. The smallest absolute Gasteiger partial charge is 0.137 e. The van der Waals surface area contributed by atoms with Crippen molar-refractivity contribution in [3.05, 3.63) is 59.9 Å². The molecule has 1 atom stereocenters. The number of H-pyrrole nitrogens is 1. The van der Waals surface area contributed by atoms with Crippen LogP contribution in [0.15, 0.2) is 48.7 Å². The highest BCUT2D eigenvalue weighted by Crippen LogP contribution is 2.33. The van der Waals surface area contributed by atoms with Crippen LogP contribution in [0.3, 0.4) is 0 Å². The van der Waals surface area contributed by atoms with Crippen molar-refractivity contribution in [2.24, 2.45) is 5.92 Å². The van der Waals surface area contributed by atoms with E-state index < -0.39 is 0 Å². The molecule has 3 heteroatoms. The van der Waals surface area contributed by atoms with Crippen molar-refractivity contribution in [2.45, 2.75) is 33.1 Å².